The van der Waals surface area contributed by atoms with Crippen molar-refractivity contribution >= 4 is 17.5 Å². The monoisotopic (exact) mass is 372 g/mol. The Hall–Kier alpha value is -1.54. The van der Waals surface area contributed by atoms with Crippen LogP contribution in [0.5, 0.6) is 11.5 Å². The molecule has 25 heavy (non-hydrogen) atoms. The molecule has 0 spiro atoms. The first-order valence-corrected chi connectivity index (χ1v) is 8.61. The van der Waals surface area contributed by atoms with Crippen LogP contribution in [0.15, 0.2) is 12.1 Å². The van der Waals surface area contributed by atoms with Gasteiger partial charge in [0, 0.05) is 6.54 Å². The van der Waals surface area contributed by atoms with Crippen LogP contribution >= 0.6 is 11.6 Å². The smallest absolute Gasteiger partial charge is 0.255 e. The van der Waals surface area contributed by atoms with Gasteiger partial charge < -0.3 is 25.4 Å². The van der Waals surface area contributed by atoms with E-state index in [0.717, 1.165) is 31.5 Å². The molecule has 1 aromatic carbocycles. The van der Waals surface area contributed by atoms with Gasteiger partial charge in [0.05, 0.1) is 24.8 Å². The van der Waals surface area contributed by atoms with Crippen LogP contribution in [0.2, 0.25) is 5.02 Å². The van der Waals surface area contributed by atoms with Gasteiger partial charge in [0.15, 0.2) is 18.1 Å². The number of carbonyl (C=O) groups is 1. The molecule has 1 aliphatic heterocycles. The Morgan fingerprint density at radius 2 is 2.12 bits per heavy atom. The third kappa shape index (κ3) is 5.47. The number of nitrogens with two attached hydrogens (primary N) is 1. The number of ether oxygens (including phenoxy) is 2. The maximum Gasteiger partial charge on any atom is 0.255 e. The van der Waals surface area contributed by atoms with E-state index < -0.39 is 12.0 Å². The third-order valence-corrected chi connectivity index (χ3v) is 4.70. The molecule has 1 fully saturated rings. The molecule has 140 valence electrons. The van der Waals surface area contributed by atoms with E-state index in [1.165, 1.54) is 7.11 Å². The highest BCUT2D eigenvalue weighted by molar-refractivity contribution is 6.32. The highest BCUT2D eigenvalue weighted by Crippen LogP contribution is 2.37. The van der Waals surface area contributed by atoms with Crippen molar-refractivity contribution in [2.24, 2.45) is 11.7 Å². The van der Waals surface area contributed by atoms with Crippen molar-refractivity contribution in [3.63, 3.8) is 0 Å². The molecule has 1 unspecified atom stereocenters. The van der Waals surface area contributed by atoms with E-state index in [1.807, 2.05) is 6.07 Å². The van der Waals surface area contributed by atoms with Gasteiger partial charge in [0.1, 0.15) is 0 Å². The number of amides is 1. The third-order valence-electron chi connectivity index (χ3n) is 4.42. The van der Waals surface area contributed by atoms with Crippen LogP contribution in [0, 0.1) is 5.92 Å². The topological polar surface area (TPSA) is 105 Å². The van der Waals surface area contributed by atoms with Crippen LogP contribution in [0.4, 0.5) is 0 Å². The Labute approximate surface area is 152 Å². The van der Waals surface area contributed by atoms with Crippen molar-refractivity contribution in [1.29, 1.82) is 0 Å². The van der Waals surface area contributed by atoms with E-state index >= 15 is 0 Å². The largest absolute Gasteiger partial charge is 0.493 e. The van der Waals surface area contributed by atoms with Crippen LogP contribution in [-0.4, -0.2) is 60.5 Å². The molecule has 1 heterocycles. The van der Waals surface area contributed by atoms with Gasteiger partial charge in [-0.25, -0.2) is 0 Å². The zero-order chi connectivity index (χ0) is 18.4. The van der Waals surface area contributed by atoms with Crippen molar-refractivity contribution in [2.45, 2.75) is 25.5 Å². The normalized spacial score (nSPS) is 17.3. The second-order valence-electron chi connectivity index (χ2n) is 6.23. The standard InChI is InChI=1S/C17H25ClN2O5/c1-24-15-7-11(6-13(18)17(15)25-10-16(19)23)8-20-4-2-12(3-5-20)14(22)9-21/h6-7,12,14,21-22H,2-5,8-10H2,1H3,(H2,19,23). The van der Waals surface area contributed by atoms with Crippen LogP contribution in [0.1, 0.15) is 18.4 Å². The average Bonchev–Trinajstić information content (AvgIpc) is 2.60. The lowest BCUT2D eigenvalue weighted by Crippen LogP contribution is -2.38. The number of nitrogens with zero attached hydrogens (tertiary/aromatic N) is 1. The summed E-state index contributed by atoms with van der Waals surface area (Å²) in [7, 11) is 1.51. The lowest BCUT2D eigenvalue weighted by Gasteiger charge is -2.33. The fraction of sp³-hybridized carbons (Fsp3) is 0.588. The molecular weight excluding hydrogens is 348 g/mol. The molecular formula is C17H25ClN2O5. The van der Waals surface area contributed by atoms with Gasteiger partial charge in [-0.3, -0.25) is 9.69 Å². The first kappa shape index (κ1) is 19.8. The van der Waals surface area contributed by atoms with Crippen LogP contribution < -0.4 is 15.2 Å². The Morgan fingerprint density at radius 1 is 1.44 bits per heavy atom. The Balaban J connectivity index is 2.01. The highest BCUT2D eigenvalue weighted by atomic mass is 35.5. The van der Waals surface area contributed by atoms with Gasteiger partial charge in [0.2, 0.25) is 0 Å². The predicted molar refractivity (Wildman–Crippen MR) is 93.8 cm³/mol. The minimum absolute atomic E-state index is 0.143. The maximum absolute atomic E-state index is 10.9. The zero-order valence-electron chi connectivity index (χ0n) is 14.3. The quantitative estimate of drug-likeness (QED) is 0.622. The summed E-state index contributed by atoms with van der Waals surface area (Å²) in [5.41, 5.74) is 6.06. The molecule has 2 rings (SSSR count). The molecule has 1 aliphatic rings. The first-order chi connectivity index (χ1) is 11.9. The van der Waals surface area contributed by atoms with Crippen molar-refractivity contribution in [2.75, 3.05) is 33.4 Å². The van der Waals surface area contributed by atoms with E-state index in [9.17, 15) is 9.90 Å². The SMILES string of the molecule is COc1cc(CN2CCC(C(O)CO)CC2)cc(Cl)c1OCC(N)=O. The van der Waals surface area contributed by atoms with Gasteiger partial charge >= 0.3 is 0 Å². The number of hydrogen-bond acceptors (Lipinski definition) is 6. The predicted octanol–water partition coefficient (Wildman–Crippen LogP) is 0.778. The molecule has 8 heteroatoms. The summed E-state index contributed by atoms with van der Waals surface area (Å²) >= 11 is 6.26. The number of aliphatic hydroxyl groups excluding tert-OH is 2. The van der Waals surface area contributed by atoms with Crippen molar-refractivity contribution in [3.8, 4) is 11.5 Å². The minimum Gasteiger partial charge on any atom is -0.493 e. The number of primary amides is 1. The van der Waals surface area contributed by atoms with Gasteiger partial charge in [-0.05, 0) is 49.5 Å². The lowest BCUT2D eigenvalue weighted by molar-refractivity contribution is -0.119. The Morgan fingerprint density at radius 3 is 2.68 bits per heavy atom. The molecule has 0 saturated carbocycles. The van der Waals surface area contributed by atoms with Crippen LogP contribution in [0.25, 0.3) is 0 Å². The summed E-state index contributed by atoms with van der Waals surface area (Å²) < 4.78 is 10.6. The van der Waals surface area contributed by atoms with Crippen LogP contribution in [0.3, 0.4) is 0 Å². The molecule has 1 saturated heterocycles. The summed E-state index contributed by atoms with van der Waals surface area (Å²) in [5.74, 6) is 0.310. The van der Waals surface area contributed by atoms with E-state index in [1.54, 1.807) is 6.07 Å². The molecule has 1 atom stereocenters. The fourth-order valence-corrected chi connectivity index (χ4v) is 3.34. The zero-order valence-corrected chi connectivity index (χ0v) is 15.0. The second-order valence-corrected chi connectivity index (χ2v) is 6.63. The van der Waals surface area contributed by atoms with Gasteiger partial charge in [-0.1, -0.05) is 11.6 Å². The molecule has 1 amide bonds. The summed E-state index contributed by atoms with van der Waals surface area (Å²) in [5, 5.41) is 19.1. The number of hydrogen-bond donors (Lipinski definition) is 3. The summed E-state index contributed by atoms with van der Waals surface area (Å²) in [6.07, 6.45) is 1.04. The molecule has 0 bridgehead atoms. The Kier molecular flexibility index (Phi) is 7.31. The fourth-order valence-electron chi connectivity index (χ4n) is 3.05. The van der Waals surface area contributed by atoms with Crippen molar-refractivity contribution < 1.29 is 24.5 Å². The number of rotatable bonds is 8. The minimum atomic E-state index is -0.640. The van der Waals surface area contributed by atoms with E-state index in [2.05, 4.69) is 4.90 Å². The second kappa shape index (κ2) is 9.24. The number of benzene rings is 1. The molecule has 4 N–H and O–H groups in total. The van der Waals surface area contributed by atoms with Crippen LogP contribution in [-0.2, 0) is 11.3 Å². The van der Waals surface area contributed by atoms with E-state index in [0.29, 0.717) is 23.1 Å². The highest BCUT2D eigenvalue weighted by Gasteiger charge is 2.25. The van der Waals surface area contributed by atoms with Gasteiger partial charge in [-0.15, -0.1) is 0 Å². The summed E-state index contributed by atoms with van der Waals surface area (Å²) in [4.78, 5) is 13.1. The first-order valence-electron chi connectivity index (χ1n) is 8.23. The molecule has 7 nitrogen and oxygen atoms in total. The number of carbonyl (C=O) groups excluding carboxylic acids is 1. The summed E-state index contributed by atoms with van der Waals surface area (Å²) in [6.45, 7) is 1.90. The average molecular weight is 373 g/mol. The number of piperidine rings is 1. The number of likely N-dealkylation sites (tertiary alicyclic amines) is 1. The van der Waals surface area contributed by atoms with Crippen molar-refractivity contribution in [3.05, 3.63) is 22.7 Å². The molecule has 0 radical (unpaired) electrons. The van der Waals surface area contributed by atoms with Gasteiger partial charge in [-0.2, -0.15) is 0 Å². The van der Waals surface area contributed by atoms with E-state index in [4.69, 9.17) is 31.9 Å². The number of halogens is 1. The van der Waals surface area contributed by atoms with Crippen molar-refractivity contribution in [1.82, 2.24) is 4.90 Å². The molecule has 0 aromatic heterocycles. The maximum atomic E-state index is 10.9. The summed E-state index contributed by atoms with van der Waals surface area (Å²) in [6, 6.07) is 3.62. The van der Waals surface area contributed by atoms with E-state index in [-0.39, 0.29) is 19.1 Å². The number of aliphatic hydroxyl groups is 2. The Bertz CT molecular complexity index is 591. The van der Waals surface area contributed by atoms with Gasteiger partial charge in [0.25, 0.3) is 5.91 Å². The number of methoxy groups -OCH3 is 1. The molecule has 0 aliphatic carbocycles. The lowest BCUT2D eigenvalue weighted by atomic mass is 9.91. The molecule has 1 aromatic rings.